The van der Waals surface area contributed by atoms with E-state index in [0.717, 1.165) is 0 Å². The van der Waals surface area contributed by atoms with E-state index < -0.39 is 24.6 Å². The molecule has 0 aliphatic heterocycles. The van der Waals surface area contributed by atoms with E-state index in [2.05, 4.69) is 10.6 Å². The van der Waals surface area contributed by atoms with Crippen LogP contribution in [0.1, 0.15) is 20.3 Å². The molecule has 1 saturated carbocycles. The van der Waals surface area contributed by atoms with E-state index in [1.54, 1.807) is 7.11 Å². The van der Waals surface area contributed by atoms with Crippen LogP contribution in [0.4, 0.5) is 4.79 Å². The number of hydrogen-bond acceptors (Lipinski definition) is 4. The highest BCUT2D eigenvalue weighted by molar-refractivity contribution is 5.82. The minimum atomic E-state index is -1.29. The van der Waals surface area contributed by atoms with E-state index in [4.69, 9.17) is 14.9 Å². The molecule has 3 atom stereocenters. The molecule has 0 aromatic carbocycles. The zero-order chi connectivity index (χ0) is 13.9. The largest absolute Gasteiger partial charge is 0.480 e. The van der Waals surface area contributed by atoms with Crippen molar-refractivity contribution in [1.82, 2.24) is 10.6 Å². The van der Waals surface area contributed by atoms with Crippen molar-refractivity contribution >= 4 is 12.0 Å². The van der Waals surface area contributed by atoms with Crippen molar-refractivity contribution in [3.63, 3.8) is 0 Å². The molecule has 4 N–H and O–H groups in total. The van der Waals surface area contributed by atoms with Gasteiger partial charge in [0.25, 0.3) is 0 Å². The van der Waals surface area contributed by atoms with Gasteiger partial charge in [-0.15, -0.1) is 0 Å². The van der Waals surface area contributed by atoms with Crippen LogP contribution in [0.15, 0.2) is 0 Å². The predicted octanol–water partition coefficient (Wildman–Crippen LogP) is -0.455. The molecule has 1 aliphatic rings. The highest BCUT2D eigenvalue weighted by atomic mass is 16.5. The Balaban J connectivity index is 2.45. The molecule has 0 spiro atoms. The van der Waals surface area contributed by atoms with E-state index >= 15 is 0 Å². The number of methoxy groups -OCH3 is 1. The Bertz CT molecular complexity index is 331. The second-order valence-corrected chi connectivity index (χ2v) is 5.03. The van der Waals surface area contributed by atoms with E-state index in [0.29, 0.717) is 6.42 Å². The second kappa shape index (κ2) is 5.53. The molecule has 0 saturated heterocycles. The fourth-order valence-corrected chi connectivity index (χ4v) is 2.07. The van der Waals surface area contributed by atoms with E-state index in [9.17, 15) is 9.59 Å². The van der Waals surface area contributed by atoms with E-state index in [-0.39, 0.29) is 17.6 Å². The second-order valence-electron chi connectivity index (χ2n) is 5.03. The molecule has 0 bridgehead atoms. The normalized spacial score (nSPS) is 26.9. The average Bonchev–Trinajstić information content (AvgIpc) is 2.30. The molecule has 104 valence electrons. The number of hydrogen-bond donors (Lipinski definition) is 4. The number of carboxylic acid groups (broad SMARTS) is 1. The Hall–Kier alpha value is -1.34. The average molecular weight is 260 g/mol. The zero-order valence-corrected chi connectivity index (χ0v) is 10.8. The maximum absolute atomic E-state index is 11.6. The molecular weight excluding hydrogens is 240 g/mol. The van der Waals surface area contributed by atoms with Crippen molar-refractivity contribution in [2.24, 2.45) is 5.41 Å². The predicted molar refractivity (Wildman–Crippen MR) is 63.2 cm³/mol. The highest BCUT2D eigenvalue weighted by Crippen LogP contribution is 2.42. The Morgan fingerprint density at radius 2 is 2.11 bits per heavy atom. The van der Waals surface area contributed by atoms with Gasteiger partial charge < -0.3 is 25.6 Å². The molecule has 0 radical (unpaired) electrons. The number of urea groups is 1. The van der Waals surface area contributed by atoms with Crippen LogP contribution in [-0.4, -0.2) is 54.1 Å². The number of aliphatic hydroxyl groups excluding tert-OH is 1. The molecule has 2 amide bonds. The topological polar surface area (TPSA) is 108 Å². The number of ether oxygens (including phenoxy) is 1. The van der Waals surface area contributed by atoms with Crippen molar-refractivity contribution in [3.8, 4) is 0 Å². The maximum atomic E-state index is 11.6. The summed E-state index contributed by atoms with van der Waals surface area (Å²) in [4.78, 5) is 22.2. The summed E-state index contributed by atoms with van der Waals surface area (Å²) < 4.78 is 5.25. The van der Waals surface area contributed by atoms with Crippen molar-refractivity contribution < 1.29 is 24.5 Å². The standard InChI is InChI=1S/C11H20N2O5/c1-11(2)7(4-8(11)18-3)13-10(17)12-6(5-14)9(15)16/h6-8,14H,4-5H2,1-3H3,(H,15,16)(H2,12,13,17)/t6-,7?,8?/m0/s1. The summed E-state index contributed by atoms with van der Waals surface area (Å²) in [6, 6.07) is -1.95. The van der Waals surface area contributed by atoms with Gasteiger partial charge in [-0.2, -0.15) is 0 Å². The van der Waals surface area contributed by atoms with Gasteiger partial charge in [0.05, 0.1) is 12.7 Å². The molecule has 18 heavy (non-hydrogen) atoms. The van der Waals surface area contributed by atoms with E-state index in [1.165, 1.54) is 0 Å². The molecule has 0 aromatic heterocycles. The fraction of sp³-hybridized carbons (Fsp3) is 0.818. The molecule has 1 fully saturated rings. The summed E-state index contributed by atoms with van der Waals surface area (Å²) in [5.41, 5.74) is -0.190. The van der Waals surface area contributed by atoms with Crippen LogP contribution in [0.3, 0.4) is 0 Å². The fourth-order valence-electron chi connectivity index (χ4n) is 2.07. The lowest BCUT2D eigenvalue weighted by atomic mass is 9.64. The lowest BCUT2D eigenvalue weighted by Gasteiger charge is -2.51. The van der Waals surface area contributed by atoms with Crippen molar-refractivity contribution in [3.05, 3.63) is 0 Å². The zero-order valence-electron chi connectivity index (χ0n) is 10.8. The summed E-state index contributed by atoms with van der Waals surface area (Å²) in [6.45, 7) is 3.30. The molecule has 0 aromatic rings. The van der Waals surface area contributed by atoms with Crippen LogP contribution in [-0.2, 0) is 9.53 Å². The minimum Gasteiger partial charge on any atom is -0.480 e. The first kappa shape index (κ1) is 14.7. The van der Waals surface area contributed by atoms with Crippen molar-refractivity contribution in [1.29, 1.82) is 0 Å². The Morgan fingerprint density at radius 1 is 1.50 bits per heavy atom. The third kappa shape index (κ3) is 2.91. The van der Waals surface area contributed by atoms with E-state index in [1.807, 2.05) is 13.8 Å². The van der Waals surface area contributed by atoms with Gasteiger partial charge in [0, 0.05) is 18.6 Å². The van der Waals surface area contributed by atoms with Crippen LogP contribution < -0.4 is 10.6 Å². The first-order chi connectivity index (χ1) is 8.32. The van der Waals surface area contributed by atoms with Crippen LogP contribution in [0.25, 0.3) is 0 Å². The Morgan fingerprint density at radius 3 is 2.50 bits per heavy atom. The molecule has 7 nitrogen and oxygen atoms in total. The monoisotopic (exact) mass is 260 g/mol. The van der Waals surface area contributed by atoms with Gasteiger partial charge in [-0.25, -0.2) is 9.59 Å². The van der Waals surface area contributed by atoms with Crippen LogP contribution in [0.2, 0.25) is 0 Å². The number of aliphatic carboxylic acids is 1. The lowest BCUT2D eigenvalue weighted by Crippen LogP contribution is -2.64. The number of carbonyl (C=O) groups excluding carboxylic acids is 1. The molecule has 7 heteroatoms. The molecule has 1 rings (SSSR count). The number of carboxylic acids is 1. The summed E-state index contributed by atoms with van der Waals surface area (Å²) in [5.74, 6) is -1.27. The Labute approximate surface area is 106 Å². The molecule has 2 unspecified atom stereocenters. The van der Waals surface area contributed by atoms with Gasteiger partial charge in [-0.3, -0.25) is 0 Å². The summed E-state index contributed by atoms with van der Waals surface area (Å²) in [6.07, 6.45) is 0.768. The van der Waals surface area contributed by atoms with Gasteiger partial charge in [-0.05, 0) is 6.42 Å². The maximum Gasteiger partial charge on any atom is 0.328 e. The smallest absolute Gasteiger partial charge is 0.328 e. The number of aliphatic hydroxyl groups is 1. The third-order valence-corrected chi connectivity index (χ3v) is 3.55. The number of carbonyl (C=O) groups is 2. The third-order valence-electron chi connectivity index (χ3n) is 3.55. The van der Waals surface area contributed by atoms with Crippen molar-refractivity contribution in [2.75, 3.05) is 13.7 Å². The SMILES string of the molecule is COC1CC(NC(=O)N[C@@H](CO)C(=O)O)C1(C)C. The van der Waals surface area contributed by atoms with Crippen LogP contribution >= 0.6 is 0 Å². The van der Waals surface area contributed by atoms with Gasteiger partial charge >= 0.3 is 12.0 Å². The Kier molecular flexibility index (Phi) is 4.53. The summed E-state index contributed by atoms with van der Waals surface area (Å²) in [7, 11) is 1.62. The summed E-state index contributed by atoms with van der Waals surface area (Å²) >= 11 is 0. The number of rotatable bonds is 5. The van der Waals surface area contributed by atoms with Gasteiger partial charge in [0.2, 0.25) is 0 Å². The van der Waals surface area contributed by atoms with Gasteiger partial charge in [0.15, 0.2) is 6.04 Å². The number of nitrogens with one attached hydrogen (secondary N) is 2. The number of amides is 2. The molecular formula is C11H20N2O5. The van der Waals surface area contributed by atoms with Crippen LogP contribution in [0, 0.1) is 5.41 Å². The van der Waals surface area contributed by atoms with Gasteiger partial charge in [0.1, 0.15) is 0 Å². The first-order valence-electron chi connectivity index (χ1n) is 5.76. The first-order valence-corrected chi connectivity index (χ1v) is 5.76. The summed E-state index contributed by atoms with van der Waals surface area (Å²) in [5, 5.41) is 22.4. The van der Waals surface area contributed by atoms with Gasteiger partial charge in [-0.1, -0.05) is 13.8 Å². The quantitative estimate of drug-likeness (QED) is 0.535. The van der Waals surface area contributed by atoms with Crippen LogP contribution in [0.5, 0.6) is 0 Å². The lowest BCUT2D eigenvalue weighted by molar-refractivity contribution is -0.140. The van der Waals surface area contributed by atoms with Crippen molar-refractivity contribution in [2.45, 2.75) is 38.5 Å². The minimum absolute atomic E-state index is 0.0735. The molecule has 0 heterocycles. The highest BCUT2D eigenvalue weighted by Gasteiger charge is 2.49. The molecule has 1 aliphatic carbocycles.